The first-order valence-electron chi connectivity index (χ1n) is 3.30. The number of rotatable bonds is 2. The van der Waals surface area contributed by atoms with Gasteiger partial charge in [0.05, 0.1) is 6.04 Å². The van der Waals surface area contributed by atoms with E-state index in [1.54, 1.807) is 0 Å². The molecule has 5 heteroatoms. The molecule has 0 aliphatic carbocycles. The Hall–Kier alpha value is -0.580. The van der Waals surface area contributed by atoms with Crippen LogP contribution in [0, 0.1) is 0 Å². The van der Waals surface area contributed by atoms with Gasteiger partial charge in [-0.05, 0) is 0 Å². The Morgan fingerprint density at radius 2 is 2.45 bits per heavy atom. The van der Waals surface area contributed by atoms with Gasteiger partial charge >= 0.3 is 0 Å². The monoisotopic (exact) mass is 220 g/mol. The molecule has 0 saturated carbocycles. The fourth-order valence-corrected chi connectivity index (χ4v) is 1.50. The minimum absolute atomic E-state index is 0.0322. The zero-order chi connectivity index (χ0) is 8.43. The van der Waals surface area contributed by atoms with Crippen LogP contribution in [0.15, 0.2) is 0 Å². The normalized spacial score (nSPS) is 24.9. The molecule has 0 radical (unpaired) electrons. The highest BCUT2D eigenvalue weighted by molar-refractivity contribution is 9.09. The summed E-state index contributed by atoms with van der Waals surface area (Å²) in [5, 5.41) is 5.28. The number of hydrogen-bond donors (Lipinski definition) is 2. The number of β-lactam (4-membered cyclic amide) rings is 1. The lowest BCUT2D eigenvalue weighted by Gasteiger charge is -2.31. The summed E-state index contributed by atoms with van der Waals surface area (Å²) in [7, 11) is 0. The molecule has 1 aliphatic heterocycles. The zero-order valence-electron chi connectivity index (χ0n) is 6.06. The van der Waals surface area contributed by atoms with Crippen LogP contribution in [0.3, 0.4) is 0 Å². The summed E-state index contributed by atoms with van der Waals surface area (Å²) in [6.07, 6.45) is 0.482. The first-order chi connectivity index (χ1) is 5.09. The SMILES string of the molecule is CC(=O)NC(Br)C1CC(=O)N1. The van der Waals surface area contributed by atoms with Crippen molar-refractivity contribution in [3.8, 4) is 0 Å². The van der Waals surface area contributed by atoms with E-state index in [1.807, 2.05) is 0 Å². The second-order valence-electron chi connectivity index (χ2n) is 2.48. The molecule has 1 aliphatic rings. The number of halogens is 1. The lowest BCUT2D eigenvalue weighted by Crippen LogP contribution is -2.57. The van der Waals surface area contributed by atoms with Crippen LogP contribution in [0.1, 0.15) is 13.3 Å². The molecule has 1 fully saturated rings. The molecule has 2 amide bonds. The van der Waals surface area contributed by atoms with E-state index < -0.39 is 0 Å². The number of alkyl halides is 1. The Kier molecular flexibility index (Phi) is 2.49. The molecule has 0 aromatic carbocycles. The van der Waals surface area contributed by atoms with Gasteiger partial charge in [-0.15, -0.1) is 0 Å². The molecule has 62 valence electrons. The predicted molar refractivity (Wildman–Crippen MR) is 43.1 cm³/mol. The number of carbonyl (C=O) groups is 2. The summed E-state index contributed by atoms with van der Waals surface area (Å²) in [5.74, 6) is -0.0715. The van der Waals surface area contributed by atoms with E-state index in [-0.39, 0.29) is 22.8 Å². The smallest absolute Gasteiger partial charge is 0.222 e. The van der Waals surface area contributed by atoms with E-state index in [2.05, 4.69) is 26.6 Å². The topological polar surface area (TPSA) is 58.2 Å². The van der Waals surface area contributed by atoms with E-state index in [1.165, 1.54) is 6.92 Å². The van der Waals surface area contributed by atoms with Crippen molar-refractivity contribution in [2.45, 2.75) is 24.3 Å². The summed E-state index contributed by atoms with van der Waals surface area (Å²) < 4.78 is 0. The number of nitrogens with one attached hydrogen (secondary N) is 2. The van der Waals surface area contributed by atoms with E-state index in [4.69, 9.17) is 0 Å². The van der Waals surface area contributed by atoms with Crippen molar-refractivity contribution in [2.24, 2.45) is 0 Å². The molecule has 2 unspecified atom stereocenters. The highest BCUT2D eigenvalue weighted by Gasteiger charge is 2.31. The van der Waals surface area contributed by atoms with Gasteiger partial charge in [0.2, 0.25) is 11.8 Å². The van der Waals surface area contributed by atoms with Gasteiger partial charge in [-0.3, -0.25) is 9.59 Å². The summed E-state index contributed by atoms with van der Waals surface area (Å²) in [4.78, 5) is 20.8. The average Bonchev–Trinajstić information content (AvgIpc) is 1.79. The number of carbonyl (C=O) groups excluding carboxylic acids is 2. The van der Waals surface area contributed by atoms with Crippen molar-refractivity contribution in [3.63, 3.8) is 0 Å². The van der Waals surface area contributed by atoms with Crippen LogP contribution in [-0.2, 0) is 9.59 Å². The van der Waals surface area contributed by atoms with Gasteiger partial charge in [0.15, 0.2) is 0 Å². The average molecular weight is 221 g/mol. The van der Waals surface area contributed by atoms with Crippen molar-refractivity contribution in [1.29, 1.82) is 0 Å². The highest BCUT2D eigenvalue weighted by Crippen LogP contribution is 2.13. The molecular formula is C6H9BrN2O2. The first-order valence-corrected chi connectivity index (χ1v) is 4.21. The number of amides is 2. The largest absolute Gasteiger partial charge is 0.350 e. The van der Waals surface area contributed by atoms with E-state index in [0.29, 0.717) is 6.42 Å². The van der Waals surface area contributed by atoms with E-state index in [0.717, 1.165) is 0 Å². The van der Waals surface area contributed by atoms with Gasteiger partial charge in [0.1, 0.15) is 4.95 Å². The van der Waals surface area contributed by atoms with Crippen LogP contribution in [0.5, 0.6) is 0 Å². The predicted octanol–water partition coefficient (Wildman–Crippen LogP) is -0.268. The fourth-order valence-electron chi connectivity index (χ4n) is 0.857. The third-order valence-corrected chi connectivity index (χ3v) is 2.31. The third kappa shape index (κ3) is 2.18. The van der Waals surface area contributed by atoms with Gasteiger partial charge in [0, 0.05) is 13.3 Å². The Morgan fingerprint density at radius 1 is 1.91 bits per heavy atom. The van der Waals surface area contributed by atoms with Gasteiger partial charge in [-0.25, -0.2) is 0 Å². The summed E-state index contributed by atoms with van der Waals surface area (Å²) >= 11 is 3.24. The molecule has 2 atom stereocenters. The van der Waals surface area contributed by atoms with Crippen LogP contribution in [0.4, 0.5) is 0 Å². The van der Waals surface area contributed by atoms with Crippen molar-refractivity contribution in [2.75, 3.05) is 0 Å². The van der Waals surface area contributed by atoms with Gasteiger partial charge in [-0.2, -0.15) is 0 Å². The minimum Gasteiger partial charge on any atom is -0.350 e. The maximum atomic E-state index is 10.5. The zero-order valence-corrected chi connectivity index (χ0v) is 7.64. The molecule has 0 spiro atoms. The van der Waals surface area contributed by atoms with Crippen LogP contribution in [-0.4, -0.2) is 22.8 Å². The van der Waals surface area contributed by atoms with E-state index in [9.17, 15) is 9.59 Å². The van der Waals surface area contributed by atoms with E-state index >= 15 is 0 Å². The van der Waals surface area contributed by atoms with Crippen LogP contribution in [0.2, 0.25) is 0 Å². The lowest BCUT2D eigenvalue weighted by molar-refractivity contribution is -0.129. The maximum Gasteiger partial charge on any atom is 0.222 e. The Morgan fingerprint density at radius 3 is 2.82 bits per heavy atom. The van der Waals surface area contributed by atoms with Gasteiger partial charge in [-0.1, -0.05) is 15.9 Å². The standard InChI is InChI=1S/C6H9BrN2O2/c1-3(10)8-6(7)4-2-5(11)9-4/h4,6H,2H2,1H3,(H,8,10)(H,9,11). The van der Waals surface area contributed by atoms with Crippen LogP contribution in [0.25, 0.3) is 0 Å². The molecule has 2 N–H and O–H groups in total. The molecule has 1 heterocycles. The van der Waals surface area contributed by atoms with Gasteiger partial charge in [0.25, 0.3) is 0 Å². The van der Waals surface area contributed by atoms with Gasteiger partial charge < -0.3 is 10.6 Å². The summed E-state index contributed by atoms with van der Waals surface area (Å²) in [5.41, 5.74) is 0. The van der Waals surface area contributed by atoms with Crippen LogP contribution >= 0.6 is 15.9 Å². The minimum atomic E-state index is -0.141. The Balaban J connectivity index is 2.26. The Labute approximate surface area is 72.8 Å². The molecule has 4 nitrogen and oxygen atoms in total. The quantitative estimate of drug-likeness (QED) is 0.383. The lowest BCUT2D eigenvalue weighted by atomic mass is 10.1. The summed E-state index contributed by atoms with van der Waals surface area (Å²) in [6.45, 7) is 1.44. The van der Waals surface area contributed by atoms with Crippen LogP contribution < -0.4 is 10.6 Å². The molecule has 0 aromatic rings. The second kappa shape index (κ2) is 3.21. The van der Waals surface area contributed by atoms with Crippen molar-refractivity contribution in [1.82, 2.24) is 10.6 Å². The molecule has 1 saturated heterocycles. The van der Waals surface area contributed by atoms with Crippen molar-refractivity contribution in [3.05, 3.63) is 0 Å². The van der Waals surface area contributed by atoms with Crippen molar-refractivity contribution >= 4 is 27.7 Å². The first kappa shape index (κ1) is 8.52. The maximum absolute atomic E-state index is 10.5. The van der Waals surface area contributed by atoms with Crippen molar-refractivity contribution < 1.29 is 9.59 Å². The molecular weight excluding hydrogens is 212 g/mol. The molecule has 0 bridgehead atoms. The highest BCUT2D eigenvalue weighted by atomic mass is 79.9. The second-order valence-corrected chi connectivity index (χ2v) is 3.47. The molecule has 0 aromatic heterocycles. The third-order valence-electron chi connectivity index (χ3n) is 1.45. The Bertz CT molecular complexity index is 187. The molecule has 11 heavy (non-hydrogen) atoms. The number of hydrogen-bond acceptors (Lipinski definition) is 2. The molecule has 1 rings (SSSR count). The summed E-state index contributed by atoms with van der Waals surface area (Å²) in [6, 6.07) is 0.0476. The fraction of sp³-hybridized carbons (Fsp3) is 0.667.